The molecule has 0 atom stereocenters. The minimum Gasteiger partial charge on any atom is -0.494 e. The molecule has 0 saturated carbocycles. The highest BCUT2D eigenvalue weighted by Gasteiger charge is 1.99. The Morgan fingerprint density at radius 1 is 1.10 bits per heavy atom. The third-order valence-corrected chi connectivity index (χ3v) is 2.64. The van der Waals surface area contributed by atoms with Crippen molar-refractivity contribution in [3.8, 4) is 17.6 Å². The minimum absolute atomic E-state index is 0.398. The Labute approximate surface area is 118 Å². The van der Waals surface area contributed by atoms with Crippen LogP contribution in [-0.4, -0.2) is 11.6 Å². The standard InChI is InChI=1S/C16H16N2O2/c1-2-9-19-15-3-5-16(6-4-15)20-12-13-7-8-18-14(10-13)11-17/h3-8,10H,2,9,12H2,1H3. The monoisotopic (exact) mass is 268 g/mol. The van der Waals surface area contributed by atoms with E-state index in [1.165, 1.54) is 0 Å². The number of ether oxygens (including phenoxy) is 2. The average molecular weight is 268 g/mol. The fourth-order valence-corrected chi connectivity index (χ4v) is 1.64. The van der Waals surface area contributed by atoms with Crippen LogP contribution in [0, 0.1) is 11.3 Å². The van der Waals surface area contributed by atoms with Gasteiger partial charge in [-0.15, -0.1) is 0 Å². The number of nitrogens with zero attached hydrogens (tertiary/aromatic N) is 2. The highest BCUT2D eigenvalue weighted by atomic mass is 16.5. The third-order valence-electron chi connectivity index (χ3n) is 2.64. The quantitative estimate of drug-likeness (QED) is 0.806. The average Bonchev–Trinajstić information content (AvgIpc) is 2.52. The van der Waals surface area contributed by atoms with Gasteiger partial charge in [0.15, 0.2) is 0 Å². The van der Waals surface area contributed by atoms with Crippen LogP contribution in [0.15, 0.2) is 42.6 Å². The van der Waals surface area contributed by atoms with Crippen molar-refractivity contribution < 1.29 is 9.47 Å². The van der Waals surface area contributed by atoms with E-state index < -0.39 is 0 Å². The molecule has 0 radical (unpaired) electrons. The lowest BCUT2D eigenvalue weighted by molar-refractivity contribution is 0.301. The first kappa shape index (κ1) is 13.9. The lowest BCUT2D eigenvalue weighted by Crippen LogP contribution is -1.97. The van der Waals surface area contributed by atoms with Crippen LogP contribution in [0.4, 0.5) is 0 Å². The highest BCUT2D eigenvalue weighted by Crippen LogP contribution is 2.18. The normalized spacial score (nSPS) is 9.80. The van der Waals surface area contributed by atoms with Crippen LogP contribution >= 0.6 is 0 Å². The van der Waals surface area contributed by atoms with Gasteiger partial charge in [0.1, 0.15) is 29.9 Å². The van der Waals surface area contributed by atoms with Gasteiger partial charge < -0.3 is 9.47 Å². The lowest BCUT2D eigenvalue weighted by atomic mass is 10.2. The molecule has 2 aromatic rings. The molecule has 20 heavy (non-hydrogen) atoms. The molecule has 0 aliphatic heterocycles. The molecule has 2 rings (SSSR count). The molecule has 102 valence electrons. The molecule has 0 amide bonds. The molecule has 0 aliphatic rings. The number of benzene rings is 1. The van der Waals surface area contributed by atoms with Crippen LogP contribution in [0.2, 0.25) is 0 Å². The van der Waals surface area contributed by atoms with E-state index in [1.807, 2.05) is 36.4 Å². The molecule has 1 aromatic heterocycles. The maximum atomic E-state index is 8.78. The molecule has 0 saturated heterocycles. The van der Waals surface area contributed by atoms with E-state index in [9.17, 15) is 0 Å². The molecule has 1 heterocycles. The summed E-state index contributed by atoms with van der Waals surface area (Å²) in [6.07, 6.45) is 2.60. The summed E-state index contributed by atoms with van der Waals surface area (Å²) in [6, 6.07) is 13.1. The summed E-state index contributed by atoms with van der Waals surface area (Å²) >= 11 is 0. The second-order valence-electron chi connectivity index (χ2n) is 4.27. The molecule has 0 fully saturated rings. The Hall–Kier alpha value is -2.54. The molecular formula is C16H16N2O2. The zero-order valence-corrected chi connectivity index (χ0v) is 11.4. The van der Waals surface area contributed by atoms with Crippen LogP contribution in [0.1, 0.15) is 24.6 Å². The Bertz CT molecular complexity index is 588. The number of rotatable bonds is 6. The SMILES string of the molecule is CCCOc1ccc(OCc2ccnc(C#N)c2)cc1. The zero-order chi connectivity index (χ0) is 14.2. The predicted octanol–water partition coefficient (Wildman–Crippen LogP) is 3.32. The molecule has 0 N–H and O–H groups in total. The van der Waals surface area contributed by atoms with Crippen molar-refractivity contribution in [2.75, 3.05) is 6.61 Å². The van der Waals surface area contributed by atoms with Crippen molar-refractivity contribution in [2.45, 2.75) is 20.0 Å². The van der Waals surface area contributed by atoms with E-state index in [-0.39, 0.29) is 0 Å². The van der Waals surface area contributed by atoms with E-state index in [0.717, 1.165) is 23.5 Å². The second kappa shape index (κ2) is 7.15. The van der Waals surface area contributed by atoms with Crippen molar-refractivity contribution in [2.24, 2.45) is 0 Å². The zero-order valence-electron chi connectivity index (χ0n) is 11.4. The Morgan fingerprint density at radius 2 is 1.80 bits per heavy atom. The number of pyridine rings is 1. The summed E-state index contributed by atoms with van der Waals surface area (Å²) in [4.78, 5) is 3.92. The molecule has 4 nitrogen and oxygen atoms in total. The van der Waals surface area contributed by atoms with Crippen molar-refractivity contribution in [3.63, 3.8) is 0 Å². The van der Waals surface area contributed by atoms with E-state index >= 15 is 0 Å². The van der Waals surface area contributed by atoms with Gasteiger partial charge in [-0.25, -0.2) is 4.98 Å². The predicted molar refractivity (Wildman–Crippen MR) is 75.5 cm³/mol. The first-order chi connectivity index (χ1) is 9.81. The van der Waals surface area contributed by atoms with Crippen molar-refractivity contribution >= 4 is 0 Å². The number of aromatic nitrogens is 1. The van der Waals surface area contributed by atoms with Crippen LogP contribution < -0.4 is 9.47 Å². The minimum atomic E-state index is 0.398. The van der Waals surface area contributed by atoms with Crippen molar-refractivity contribution in [1.29, 1.82) is 5.26 Å². The third kappa shape index (κ3) is 3.99. The lowest BCUT2D eigenvalue weighted by Gasteiger charge is -2.08. The Balaban J connectivity index is 1.92. The second-order valence-corrected chi connectivity index (χ2v) is 4.27. The van der Waals surface area contributed by atoms with E-state index in [0.29, 0.717) is 18.9 Å². The van der Waals surface area contributed by atoms with E-state index in [2.05, 4.69) is 11.9 Å². The van der Waals surface area contributed by atoms with Crippen molar-refractivity contribution in [1.82, 2.24) is 4.98 Å². The van der Waals surface area contributed by atoms with Gasteiger partial charge in [0.25, 0.3) is 0 Å². The van der Waals surface area contributed by atoms with Gasteiger partial charge >= 0.3 is 0 Å². The molecule has 0 spiro atoms. The summed E-state index contributed by atoms with van der Waals surface area (Å²) in [5, 5.41) is 8.78. The molecule has 1 aromatic carbocycles. The van der Waals surface area contributed by atoms with E-state index in [1.54, 1.807) is 12.3 Å². The molecule has 4 heteroatoms. The van der Waals surface area contributed by atoms with Gasteiger partial charge in [-0.05, 0) is 48.4 Å². The first-order valence-electron chi connectivity index (χ1n) is 6.52. The molecular weight excluding hydrogens is 252 g/mol. The van der Waals surface area contributed by atoms with Gasteiger partial charge in [-0.1, -0.05) is 6.92 Å². The van der Waals surface area contributed by atoms with Gasteiger partial charge in [-0.2, -0.15) is 5.26 Å². The summed E-state index contributed by atoms with van der Waals surface area (Å²) < 4.78 is 11.2. The maximum Gasteiger partial charge on any atom is 0.140 e. The van der Waals surface area contributed by atoms with Gasteiger partial charge in [-0.3, -0.25) is 0 Å². The van der Waals surface area contributed by atoms with Crippen LogP contribution in [0.5, 0.6) is 11.5 Å². The van der Waals surface area contributed by atoms with Crippen LogP contribution in [0.3, 0.4) is 0 Å². The largest absolute Gasteiger partial charge is 0.494 e. The fourth-order valence-electron chi connectivity index (χ4n) is 1.64. The van der Waals surface area contributed by atoms with Gasteiger partial charge in [0, 0.05) is 6.20 Å². The summed E-state index contributed by atoms with van der Waals surface area (Å²) in [6.45, 7) is 3.20. The molecule has 0 aliphatic carbocycles. The molecule has 0 unspecified atom stereocenters. The topological polar surface area (TPSA) is 55.1 Å². The summed E-state index contributed by atoms with van der Waals surface area (Å²) in [7, 11) is 0. The first-order valence-corrected chi connectivity index (χ1v) is 6.52. The molecule has 0 bridgehead atoms. The smallest absolute Gasteiger partial charge is 0.140 e. The maximum absolute atomic E-state index is 8.78. The van der Waals surface area contributed by atoms with Crippen LogP contribution in [-0.2, 0) is 6.61 Å². The van der Waals surface area contributed by atoms with E-state index in [4.69, 9.17) is 14.7 Å². The van der Waals surface area contributed by atoms with Gasteiger partial charge in [0.2, 0.25) is 0 Å². The number of hydrogen-bond donors (Lipinski definition) is 0. The summed E-state index contributed by atoms with van der Waals surface area (Å²) in [5.41, 5.74) is 1.32. The highest BCUT2D eigenvalue weighted by molar-refractivity contribution is 5.32. The Kier molecular flexibility index (Phi) is 4.96. The van der Waals surface area contributed by atoms with Crippen LogP contribution in [0.25, 0.3) is 0 Å². The number of nitriles is 1. The van der Waals surface area contributed by atoms with Crippen molar-refractivity contribution in [3.05, 3.63) is 53.9 Å². The fraction of sp³-hybridized carbons (Fsp3) is 0.250. The number of hydrogen-bond acceptors (Lipinski definition) is 4. The van der Waals surface area contributed by atoms with Gasteiger partial charge in [0.05, 0.1) is 6.61 Å². The Morgan fingerprint density at radius 3 is 2.45 bits per heavy atom. The summed E-state index contributed by atoms with van der Waals surface area (Å²) in [5.74, 6) is 1.61.